The van der Waals surface area contributed by atoms with Gasteiger partial charge in [0.25, 0.3) is 11.6 Å². The maximum Gasteiger partial charge on any atom is 0.294 e. The molecule has 2 aromatic carbocycles. The van der Waals surface area contributed by atoms with Crippen molar-refractivity contribution in [3.63, 3.8) is 0 Å². The number of nitro groups is 1. The third-order valence-electron chi connectivity index (χ3n) is 4.73. The lowest BCUT2D eigenvalue weighted by molar-refractivity contribution is -0.384. The fraction of sp³-hybridized carbons (Fsp3) is 0.316. The summed E-state index contributed by atoms with van der Waals surface area (Å²) in [4.78, 5) is 25.6. The SMILES string of the molecule is C[C@H]1CCCCN1c1cc(NC(=O)c2ccc(Cl)cc2)c(Cl)cc1[N+](=O)[O-]. The molecule has 1 heterocycles. The van der Waals surface area contributed by atoms with Gasteiger partial charge in [-0.25, -0.2) is 0 Å². The van der Waals surface area contributed by atoms with E-state index < -0.39 is 4.92 Å². The molecule has 2 aromatic rings. The minimum Gasteiger partial charge on any atom is -0.363 e. The van der Waals surface area contributed by atoms with Crippen molar-refractivity contribution < 1.29 is 9.72 Å². The van der Waals surface area contributed by atoms with E-state index in [1.54, 1.807) is 30.3 Å². The number of hydrogen-bond donors (Lipinski definition) is 1. The fourth-order valence-corrected chi connectivity index (χ4v) is 3.61. The zero-order valence-electron chi connectivity index (χ0n) is 14.7. The van der Waals surface area contributed by atoms with E-state index >= 15 is 0 Å². The van der Waals surface area contributed by atoms with Crippen LogP contribution in [0.2, 0.25) is 10.0 Å². The largest absolute Gasteiger partial charge is 0.363 e. The molecule has 0 spiro atoms. The molecule has 1 N–H and O–H groups in total. The van der Waals surface area contributed by atoms with E-state index in [1.165, 1.54) is 6.07 Å². The average Bonchev–Trinajstić information content (AvgIpc) is 2.64. The monoisotopic (exact) mass is 407 g/mol. The van der Waals surface area contributed by atoms with Crippen LogP contribution >= 0.6 is 23.2 Å². The molecule has 0 aliphatic carbocycles. The Bertz CT molecular complexity index is 871. The van der Waals surface area contributed by atoms with Crippen molar-refractivity contribution in [1.29, 1.82) is 0 Å². The summed E-state index contributed by atoms with van der Waals surface area (Å²) in [5.41, 5.74) is 1.18. The van der Waals surface area contributed by atoms with Crippen LogP contribution in [0, 0.1) is 10.1 Å². The number of halogens is 2. The molecule has 0 aromatic heterocycles. The van der Waals surface area contributed by atoms with Gasteiger partial charge in [0.05, 0.1) is 15.6 Å². The minimum atomic E-state index is -0.437. The first-order valence-electron chi connectivity index (χ1n) is 8.68. The number of anilines is 2. The number of piperidine rings is 1. The van der Waals surface area contributed by atoms with E-state index in [1.807, 2.05) is 11.8 Å². The molecule has 1 atom stereocenters. The van der Waals surface area contributed by atoms with Crippen LogP contribution < -0.4 is 10.2 Å². The number of carbonyl (C=O) groups is 1. The van der Waals surface area contributed by atoms with Gasteiger partial charge < -0.3 is 10.2 Å². The highest BCUT2D eigenvalue weighted by atomic mass is 35.5. The summed E-state index contributed by atoms with van der Waals surface area (Å²) < 4.78 is 0. The second-order valence-electron chi connectivity index (χ2n) is 6.58. The highest BCUT2D eigenvalue weighted by Gasteiger charge is 2.27. The van der Waals surface area contributed by atoms with Crippen molar-refractivity contribution in [1.82, 2.24) is 0 Å². The lowest BCUT2D eigenvalue weighted by Gasteiger charge is -2.35. The first kappa shape index (κ1) is 19.5. The molecular formula is C19H19Cl2N3O3. The molecule has 1 aliphatic rings. The highest BCUT2D eigenvalue weighted by molar-refractivity contribution is 6.34. The standard InChI is InChI=1S/C19H19Cl2N3O3/c1-12-4-2-3-9-23(12)17-11-16(15(21)10-18(17)24(26)27)22-19(25)13-5-7-14(20)8-6-13/h5-8,10-12H,2-4,9H2,1H3,(H,22,25)/t12-/m0/s1. The molecule has 0 radical (unpaired) electrons. The van der Waals surface area contributed by atoms with Crippen LogP contribution in [-0.2, 0) is 0 Å². The number of nitro benzene ring substituents is 1. The molecule has 3 rings (SSSR count). The number of carbonyl (C=O) groups excluding carboxylic acids is 1. The summed E-state index contributed by atoms with van der Waals surface area (Å²) in [6.07, 6.45) is 3.03. The van der Waals surface area contributed by atoms with Gasteiger partial charge in [0.1, 0.15) is 5.69 Å². The summed E-state index contributed by atoms with van der Waals surface area (Å²) in [5, 5.41) is 14.9. The summed E-state index contributed by atoms with van der Waals surface area (Å²) in [5.74, 6) is -0.361. The molecule has 1 aliphatic heterocycles. The Morgan fingerprint density at radius 3 is 2.56 bits per heavy atom. The maximum atomic E-state index is 12.5. The summed E-state index contributed by atoms with van der Waals surface area (Å²) in [7, 11) is 0. The fourth-order valence-electron chi connectivity index (χ4n) is 3.28. The Hall–Kier alpha value is -2.31. The van der Waals surface area contributed by atoms with Crippen LogP contribution in [0.25, 0.3) is 0 Å². The molecular weight excluding hydrogens is 389 g/mol. The summed E-state index contributed by atoms with van der Waals surface area (Å²) >= 11 is 12.1. The number of nitrogens with zero attached hydrogens (tertiary/aromatic N) is 2. The molecule has 1 amide bonds. The van der Waals surface area contributed by atoms with Crippen LogP contribution in [0.15, 0.2) is 36.4 Å². The van der Waals surface area contributed by atoms with Gasteiger partial charge in [-0.2, -0.15) is 0 Å². The van der Waals surface area contributed by atoms with Crippen LogP contribution in [-0.4, -0.2) is 23.4 Å². The molecule has 8 heteroatoms. The molecule has 27 heavy (non-hydrogen) atoms. The molecule has 0 bridgehead atoms. The van der Waals surface area contributed by atoms with Crippen molar-refractivity contribution in [3.8, 4) is 0 Å². The number of benzene rings is 2. The van der Waals surface area contributed by atoms with Gasteiger partial charge in [0.2, 0.25) is 0 Å². The quantitative estimate of drug-likeness (QED) is 0.533. The van der Waals surface area contributed by atoms with Gasteiger partial charge in [-0.1, -0.05) is 23.2 Å². The van der Waals surface area contributed by atoms with Crippen molar-refractivity contribution in [2.75, 3.05) is 16.8 Å². The van der Waals surface area contributed by atoms with Gasteiger partial charge in [-0.05, 0) is 56.5 Å². The molecule has 1 saturated heterocycles. The van der Waals surface area contributed by atoms with E-state index in [2.05, 4.69) is 5.32 Å². The van der Waals surface area contributed by atoms with Crippen LogP contribution in [0.1, 0.15) is 36.5 Å². The third kappa shape index (κ3) is 4.34. The lowest BCUT2D eigenvalue weighted by atomic mass is 10.0. The van der Waals surface area contributed by atoms with Gasteiger partial charge in [-0.15, -0.1) is 0 Å². The van der Waals surface area contributed by atoms with Crippen LogP contribution in [0.5, 0.6) is 0 Å². The minimum absolute atomic E-state index is 0.0572. The predicted molar refractivity (Wildman–Crippen MR) is 108 cm³/mol. The summed E-state index contributed by atoms with van der Waals surface area (Å²) in [6, 6.07) is 9.52. The predicted octanol–water partition coefficient (Wildman–Crippen LogP) is 5.53. The Morgan fingerprint density at radius 1 is 1.22 bits per heavy atom. The smallest absolute Gasteiger partial charge is 0.294 e. The van der Waals surface area contributed by atoms with Gasteiger partial charge in [-0.3, -0.25) is 14.9 Å². The zero-order chi connectivity index (χ0) is 19.6. The molecule has 142 valence electrons. The maximum absolute atomic E-state index is 12.5. The molecule has 0 saturated carbocycles. The Balaban J connectivity index is 1.95. The first-order valence-corrected chi connectivity index (χ1v) is 9.44. The normalized spacial score (nSPS) is 16.9. The second kappa shape index (κ2) is 8.15. The molecule has 1 fully saturated rings. The van der Waals surface area contributed by atoms with E-state index in [4.69, 9.17) is 23.2 Å². The van der Waals surface area contributed by atoms with Crippen molar-refractivity contribution in [3.05, 3.63) is 62.1 Å². The number of amides is 1. The van der Waals surface area contributed by atoms with Crippen LogP contribution in [0.3, 0.4) is 0 Å². The highest BCUT2D eigenvalue weighted by Crippen LogP contribution is 2.39. The van der Waals surface area contributed by atoms with E-state index in [9.17, 15) is 14.9 Å². The van der Waals surface area contributed by atoms with Gasteiger partial charge in [0, 0.05) is 29.2 Å². The van der Waals surface area contributed by atoms with Gasteiger partial charge >= 0.3 is 0 Å². The molecule has 0 unspecified atom stereocenters. The third-order valence-corrected chi connectivity index (χ3v) is 5.29. The summed E-state index contributed by atoms with van der Waals surface area (Å²) in [6.45, 7) is 2.78. The van der Waals surface area contributed by atoms with Crippen molar-refractivity contribution in [2.24, 2.45) is 0 Å². The Labute approximate surface area is 167 Å². The Kier molecular flexibility index (Phi) is 5.87. The van der Waals surface area contributed by atoms with E-state index in [0.717, 1.165) is 25.8 Å². The second-order valence-corrected chi connectivity index (χ2v) is 7.42. The van der Waals surface area contributed by atoms with Crippen molar-refractivity contribution >= 4 is 46.2 Å². The Morgan fingerprint density at radius 2 is 1.93 bits per heavy atom. The van der Waals surface area contributed by atoms with E-state index in [-0.39, 0.29) is 22.7 Å². The number of hydrogen-bond acceptors (Lipinski definition) is 4. The lowest BCUT2D eigenvalue weighted by Crippen LogP contribution is -2.37. The van der Waals surface area contributed by atoms with Crippen LogP contribution in [0.4, 0.5) is 17.1 Å². The average molecular weight is 408 g/mol. The number of rotatable bonds is 4. The van der Waals surface area contributed by atoms with Gasteiger partial charge in [0.15, 0.2) is 0 Å². The number of nitrogens with one attached hydrogen (secondary N) is 1. The first-order chi connectivity index (χ1) is 12.9. The topological polar surface area (TPSA) is 75.5 Å². The van der Waals surface area contributed by atoms with Crippen molar-refractivity contribution in [2.45, 2.75) is 32.2 Å². The zero-order valence-corrected chi connectivity index (χ0v) is 16.3. The molecule has 6 nitrogen and oxygen atoms in total. The van der Waals surface area contributed by atoms with E-state index in [0.29, 0.717) is 22.0 Å².